The van der Waals surface area contributed by atoms with Crippen molar-refractivity contribution in [1.82, 2.24) is 5.32 Å². The number of nitrogens with one attached hydrogen (secondary N) is 2. The highest BCUT2D eigenvalue weighted by molar-refractivity contribution is 6.10. The van der Waals surface area contributed by atoms with Gasteiger partial charge in [0, 0.05) is 18.2 Å². The number of benzene rings is 3. The third-order valence-corrected chi connectivity index (χ3v) is 4.55. The molecule has 3 aromatic carbocycles. The molecule has 3 rings (SSSR count). The normalized spacial score (nSPS) is 10.7. The topological polar surface area (TPSA) is 111 Å². The van der Waals surface area contributed by atoms with E-state index >= 15 is 0 Å². The molecule has 0 aliphatic heterocycles. The van der Waals surface area contributed by atoms with Crippen molar-refractivity contribution in [3.8, 4) is 5.75 Å². The van der Waals surface area contributed by atoms with Gasteiger partial charge in [-0.1, -0.05) is 30.3 Å². The van der Waals surface area contributed by atoms with Gasteiger partial charge in [-0.2, -0.15) is 0 Å². The van der Waals surface area contributed by atoms with E-state index in [1.54, 1.807) is 66.7 Å². The van der Waals surface area contributed by atoms with Crippen molar-refractivity contribution in [2.24, 2.45) is 0 Å². The summed E-state index contributed by atoms with van der Waals surface area (Å²) < 4.78 is 9.68. The van der Waals surface area contributed by atoms with Crippen LogP contribution in [-0.2, 0) is 14.3 Å². The van der Waals surface area contributed by atoms with Crippen LogP contribution in [0, 0.1) is 0 Å². The molecule has 0 fully saturated rings. The smallest absolute Gasteiger partial charge is 0.337 e. The number of carbonyl (C=O) groups is 4. The van der Waals surface area contributed by atoms with Crippen molar-refractivity contribution >= 4 is 35.5 Å². The first-order valence-electron chi connectivity index (χ1n) is 10.2. The summed E-state index contributed by atoms with van der Waals surface area (Å²) in [5.74, 6) is -1.61. The van der Waals surface area contributed by atoms with Crippen molar-refractivity contribution in [2.45, 2.75) is 6.92 Å². The first-order valence-corrected chi connectivity index (χ1v) is 10.2. The van der Waals surface area contributed by atoms with Gasteiger partial charge in [0.2, 0.25) is 0 Å². The lowest BCUT2D eigenvalue weighted by Crippen LogP contribution is -2.30. The number of rotatable bonds is 7. The summed E-state index contributed by atoms with van der Waals surface area (Å²) in [6.07, 6.45) is 1.50. The molecule has 0 bridgehead atoms. The fraction of sp³-hybridized carbons (Fsp3) is 0.0769. The van der Waals surface area contributed by atoms with E-state index in [-0.39, 0.29) is 5.70 Å². The van der Waals surface area contributed by atoms with Gasteiger partial charge in [-0.25, -0.2) is 4.79 Å². The minimum Gasteiger partial charge on any atom is -0.465 e. The fourth-order valence-corrected chi connectivity index (χ4v) is 2.91. The Balaban J connectivity index is 1.85. The molecule has 0 aliphatic rings. The molecule has 8 nitrogen and oxygen atoms in total. The number of anilines is 1. The van der Waals surface area contributed by atoms with E-state index in [9.17, 15) is 19.2 Å². The van der Waals surface area contributed by atoms with Crippen molar-refractivity contribution in [2.75, 3.05) is 12.4 Å². The van der Waals surface area contributed by atoms with Crippen molar-refractivity contribution in [1.29, 1.82) is 0 Å². The molecule has 0 aliphatic carbocycles. The van der Waals surface area contributed by atoms with Gasteiger partial charge in [0.1, 0.15) is 11.4 Å². The number of esters is 2. The maximum Gasteiger partial charge on any atom is 0.337 e. The Morgan fingerprint density at radius 3 is 2.03 bits per heavy atom. The molecule has 0 unspecified atom stereocenters. The van der Waals surface area contributed by atoms with Gasteiger partial charge in [0.25, 0.3) is 11.8 Å². The lowest BCUT2D eigenvalue weighted by Gasteiger charge is -2.12. The molecule has 0 saturated heterocycles. The largest absolute Gasteiger partial charge is 0.465 e. The summed E-state index contributed by atoms with van der Waals surface area (Å²) in [5, 5.41) is 5.34. The Labute approximate surface area is 196 Å². The molecule has 0 spiro atoms. The van der Waals surface area contributed by atoms with Crippen LogP contribution < -0.4 is 15.4 Å². The quantitative estimate of drug-likeness (QED) is 0.316. The number of carbonyl (C=O) groups excluding carboxylic acids is 4. The third-order valence-electron chi connectivity index (χ3n) is 4.55. The van der Waals surface area contributed by atoms with Gasteiger partial charge in [-0.15, -0.1) is 0 Å². The second kappa shape index (κ2) is 11.2. The maximum atomic E-state index is 13.0. The number of ether oxygens (including phenoxy) is 2. The minimum atomic E-state index is -0.570. The zero-order chi connectivity index (χ0) is 24.5. The molecule has 172 valence electrons. The van der Waals surface area contributed by atoms with Crippen LogP contribution in [0.2, 0.25) is 0 Å². The molecule has 2 N–H and O–H groups in total. The molecule has 3 aromatic rings. The Kier molecular flexibility index (Phi) is 7.91. The molecule has 8 heteroatoms. The second-order valence-electron chi connectivity index (χ2n) is 7.06. The SMILES string of the molecule is COC(=O)c1ccc(NC(=O)/C(=C\c2ccc(OC(C)=O)cc2)NC(=O)c2ccccc2)cc1. The van der Waals surface area contributed by atoms with Gasteiger partial charge in [0.15, 0.2) is 0 Å². The molecule has 0 atom stereocenters. The Morgan fingerprint density at radius 2 is 1.44 bits per heavy atom. The van der Waals surface area contributed by atoms with Crippen LogP contribution in [0.5, 0.6) is 5.75 Å². The highest BCUT2D eigenvalue weighted by Gasteiger charge is 2.15. The van der Waals surface area contributed by atoms with E-state index < -0.39 is 23.8 Å². The van der Waals surface area contributed by atoms with E-state index in [4.69, 9.17) is 4.74 Å². The average molecular weight is 458 g/mol. The molecule has 0 radical (unpaired) electrons. The van der Waals surface area contributed by atoms with Gasteiger partial charge in [0.05, 0.1) is 12.7 Å². The Morgan fingerprint density at radius 1 is 0.794 bits per heavy atom. The van der Waals surface area contributed by atoms with Crippen molar-refractivity contribution in [3.63, 3.8) is 0 Å². The van der Waals surface area contributed by atoms with Gasteiger partial charge in [-0.05, 0) is 60.2 Å². The maximum absolute atomic E-state index is 13.0. The lowest BCUT2D eigenvalue weighted by molar-refractivity contribution is -0.131. The molecule has 0 heterocycles. The Hall–Kier alpha value is -4.72. The number of methoxy groups -OCH3 is 1. The highest BCUT2D eigenvalue weighted by Crippen LogP contribution is 2.16. The first kappa shape index (κ1) is 23.9. The monoisotopic (exact) mass is 458 g/mol. The zero-order valence-corrected chi connectivity index (χ0v) is 18.5. The van der Waals surface area contributed by atoms with Gasteiger partial charge in [-0.3, -0.25) is 14.4 Å². The summed E-state index contributed by atoms with van der Waals surface area (Å²) in [5.41, 5.74) is 1.72. The van der Waals surface area contributed by atoms with Crippen LogP contribution in [0.3, 0.4) is 0 Å². The number of amides is 2. The Bertz CT molecular complexity index is 1220. The van der Waals surface area contributed by atoms with Crippen LogP contribution in [0.4, 0.5) is 5.69 Å². The molecule has 34 heavy (non-hydrogen) atoms. The van der Waals surface area contributed by atoms with Crippen LogP contribution >= 0.6 is 0 Å². The van der Waals surface area contributed by atoms with E-state index in [1.807, 2.05) is 0 Å². The second-order valence-corrected chi connectivity index (χ2v) is 7.06. The van der Waals surface area contributed by atoms with Crippen LogP contribution in [0.25, 0.3) is 6.08 Å². The van der Waals surface area contributed by atoms with E-state index in [2.05, 4.69) is 15.4 Å². The van der Waals surface area contributed by atoms with Gasteiger partial charge >= 0.3 is 11.9 Å². The number of hydrogen-bond donors (Lipinski definition) is 2. The molecular formula is C26H22N2O6. The van der Waals surface area contributed by atoms with Gasteiger partial charge < -0.3 is 20.1 Å². The van der Waals surface area contributed by atoms with Crippen molar-refractivity contribution < 1.29 is 28.7 Å². The predicted molar refractivity (Wildman–Crippen MR) is 126 cm³/mol. The van der Waals surface area contributed by atoms with E-state index in [1.165, 1.54) is 32.2 Å². The zero-order valence-electron chi connectivity index (χ0n) is 18.5. The summed E-state index contributed by atoms with van der Waals surface area (Å²) in [7, 11) is 1.28. The molecule has 2 amide bonds. The van der Waals surface area contributed by atoms with Crippen molar-refractivity contribution in [3.05, 3.63) is 101 Å². The fourth-order valence-electron chi connectivity index (χ4n) is 2.91. The summed E-state index contributed by atoms with van der Waals surface area (Å²) >= 11 is 0. The average Bonchev–Trinajstić information content (AvgIpc) is 2.85. The summed E-state index contributed by atoms with van der Waals surface area (Å²) in [6, 6.07) is 21.0. The van der Waals surface area contributed by atoms with E-state index in [0.29, 0.717) is 28.1 Å². The molecule has 0 aromatic heterocycles. The highest BCUT2D eigenvalue weighted by atomic mass is 16.5. The predicted octanol–water partition coefficient (Wildman–Crippen LogP) is 3.81. The first-order chi connectivity index (χ1) is 16.4. The molecular weight excluding hydrogens is 436 g/mol. The lowest BCUT2D eigenvalue weighted by atomic mass is 10.1. The van der Waals surface area contributed by atoms with Crippen LogP contribution in [0.15, 0.2) is 84.6 Å². The third kappa shape index (κ3) is 6.64. The van der Waals surface area contributed by atoms with E-state index in [0.717, 1.165) is 0 Å². The number of hydrogen-bond acceptors (Lipinski definition) is 6. The minimum absolute atomic E-state index is 0.00821. The summed E-state index contributed by atoms with van der Waals surface area (Å²) in [6.45, 7) is 1.30. The summed E-state index contributed by atoms with van der Waals surface area (Å²) in [4.78, 5) is 48.4. The molecule has 0 saturated carbocycles. The van der Waals surface area contributed by atoms with Crippen LogP contribution in [0.1, 0.15) is 33.2 Å². The standard InChI is InChI=1S/C26H22N2O6/c1-17(29)34-22-14-8-18(9-15-22)16-23(28-24(30)19-6-4-3-5-7-19)25(31)27-21-12-10-20(11-13-21)26(32)33-2/h3-16H,1-2H3,(H,27,31)(H,28,30)/b23-16+. The van der Waals surface area contributed by atoms with Crippen LogP contribution in [-0.4, -0.2) is 30.9 Å².